The summed E-state index contributed by atoms with van der Waals surface area (Å²) >= 11 is 3.48. The molecule has 28 heavy (non-hydrogen) atoms. The summed E-state index contributed by atoms with van der Waals surface area (Å²) in [5.74, 6) is -0.215. The number of hydrogen-bond donors (Lipinski definition) is 2. The first-order chi connectivity index (χ1) is 13.3. The molecule has 7 heteroatoms. The van der Waals surface area contributed by atoms with Gasteiger partial charge in [-0.25, -0.2) is 0 Å². The van der Waals surface area contributed by atoms with E-state index in [0.29, 0.717) is 15.9 Å². The van der Waals surface area contributed by atoms with Crippen molar-refractivity contribution in [1.82, 2.24) is 15.4 Å². The maximum atomic E-state index is 12.6. The lowest BCUT2D eigenvalue weighted by Crippen LogP contribution is -2.47. The van der Waals surface area contributed by atoms with Crippen LogP contribution < -0.4 is 15.6 Å². The van der Waals surface area contributed by atoms with Crippen molar-refractivity contribution < 1.29 is 14.3 Å². The number of aromatic nitrogens is 1. The molecule has 1 unspecified atom stereocenters. The van der Waals surface area contributed by atoms with Crippen LogP contribution in [0.2, 0.25) is 0 Å². The zero-order valence-corrected chi connectivity index (χ0v) is 17.8. The predicted octanol–water partition coefficient (Wildman–Crippen LogP) is 3.79. The number of rotatable bonds is 4. The Morgan fingerprint density at radius 2 is 1.79 bits per heavy atom. The van der Waals surface area contributed by atoms with Crippen LogP contribution in [0, 0.1) is 13.8 Å². The maximum absolute atomic E-state index is 12.6. The smallest absolute Gasteiger partial charge is 0.287 e. The van der Waals surface area contributed by atoms with Gasteiger partial charge in [0.1, 0.15) is 11.4 Å². The molecule has 0 aliphatic rings. The van der Waals surface area contributed by atoms with Gasteiger partial charge in [-0.15, -0.1) is 0 Å². The molecule has 146 valence electrons. The lowest BCUT2D eigenvalue weighted by atomic mass is 10.1. The van der Waals surface area contributed by atoms with E-state index in [1.54, 1.807) is 18.5 Å². The second kappa shape index (κ2) is 8.06. The fourth-order valence-electron chi connectivity index (χ4n) is 2.97. The summed E-state index contributed by atoms with van der Waals surface area (Å²) in [7, 11) is 1.80. The van der Waals surface area contributed by atoms with Crippen molar-refractivity contribution in [3.8, 4) is 5.75 Å². The van der Waals surface area contributed by atoms with E-state index in [0.717, 1.165) is 22.0 Å². The van der Waals surface area contributed by atoms with Gasteiger partial charge in [-0.05, 0) is 60.0 Å². The van der Waals surface area contributed by atoms with Crippen LogP contribution in [0.4, 0.5) is 0 Å². The van der Waals surface area contributed by atoms with Crippen molar-refractivity contribution in [3.63, 3.8) is 0 Å². The lowest BCUT2D eigenvalue weighted by molar-refractivity contribution is -0.128. The number of ether oxygens (including phenoxy) is 1. The third-order valence-corrected chi connectivity index (χ3v) is 5.59. The number of halogens is 1. The third-order valence-electron chi connectivity index (χ3n) is 4.79. The number of carbonyl (C=O) groups is 2. The minimum Gasteiger partial charge on any atom is -0.481 e. The fraction of sp³-hybridized carbons (Fsp3) is 0.238. The van der Waals surface area contributed by atoms with Crippen LogP contribution in [-0.2, 0) is 11.8 Å². The summed E-state index contributed by atoms with van der Waals surface area (Å²) in [6.45, 7) is 5.56. The van der Waals surface area contributed by atoms with Crippen LogP contribution >= 0.6 is 15.9 Å². The topological polar surface area (TPSA) is 72.4 Å². The summed E-state index contributed by atoms with van der Waals surface area (Å²) in [6.07, 6.45) is -0.767. The molecular formula is C21H22BrN3O3. The molecule has 3 rings (SSSR count). The van der Waals surface area contributed by atoms with Gasteiger partial charge in [0.15, 0.2) is 6.10 Å². The summed E-state index contributed by atoms with van der Waals surface area (Å²) < 4.78 is 8.20. The number of aryl methyl sites for hydroxylation is 2. The minimum absolute atomic E-state index is 0.419. The van der Waals surface area contributed by atoms with Gasteiger partial charge < -0.3 is 9.30 Å². The first-order valence-electron chi connectivity index (χ1n) is 8.87. The molecule has 0 saturated carbocycles. The summed E-state index contributed by atoms with van der Waals surface area (Å²) in [5, 5.41) is 0.924. The van der Waals surface area contributed by atoms with Crippen LogP contribution in [-0.4, -0.2) is 22.5 Å². The van der Waals surface area contributed by atoms with Gasteiger partial charge in [0.25, 0.3) is 11.8 Å². The van der Waals surface area contributed by atoms with E-state index in [2.05, 4.69) is 26.8 Å². The van der Waals surface area contributed by atoms with Crippen molar-refractivity contribution >= 4 is 38.6 Å². The van der Waals surface area contributed by atoms with E-state index in [1.165, 1.54) is 0 Å². The number of para-hydroxylation sites is 1. The molecule has 2 amide bonds. The fourth-order valence-corrected chi connectivity index (χ4v) is 3.76. The van der Waals surface area contributed by atoms with E-state index < -0.39 is 17.9 Å². The molecule has 3 aromatic rings. The first-order valence-corrected chi connectivity index (χ1v) is 9.66. The van der Waals surface area contributed by atoms with Crippen molar-refractivity contribution in [2.75, 3.05) is 0 Å². The number of hydrazine groups is 1. The Labute approximate surface area is 172 Å². The Hall–Kier alpha value is -2.80. The molecule has 1 atom stereocenters. The highest BCUT2D eigenvalue weighted by atomic mass is 79.9. The first kappa shape index (κ1) is 19.9. The second-order valence-corrected chi connectivity index (χ2v) is 7.43. The molecule has 2 N–H and O–H groups in total. The molecule has 0 saturated heterocycles. The normalized spacial score (nSPS) is 11.9. The average molecular weight is 444 g/mol. The van der Waals surface area contributed by atoms with Gasteiger partial charge in [0.2, 0.25) is 0 Å². The highest BCUT2D eigenvalue weighted by Gasteiger charge is 2.21. The minimum atomic E-state index is -0.767. The zero-order chi connectivity index (χ0) is 20.4. The Kier molecular flexibility index (Phi) is 5.74. The quantitative estimate of drug-likeness (QED) is 0.602. The summed E-state index contributed by atoms with van der Waals surface area (Å²) in [5.41, 5.74) is 8.30. The molecule has 6 nitrogen and oxygen atoms in total. The number of amides is 2. The van der Waals surface area contributed by atoms with Crippen LogP contribution in [0.5, 0.6) is 5.75 Å². The molecule has 0 fully saturated rings. The van der Waals surface area contributed by atoms with Crippen LogP contribution in [0.1, 0.15) is 28.5 Å². The van der Waals surface area contributed by atoms with Gasteiger partial charge in [0.05, 0.1) is 4.47 Å². The highest BCUT2D eigenvalue weighted by molar-refractivity contribution is 9.10. The summed E-state index contributed by atoms with van der Waals surface area (Å²) in [6, 6.07) is 13.3. The lowest BCUT2D eigenvalue weighted by Gasteiger charge is -2.17. The van der Waals surface area contributed by atoms with E-state index in [9.17, 15) is 9.59 Å². The molecule has 0 radical (unpaired) electrons. The maximum Gasteiger partial charge on any atom is 0.287 e. The largest absolute Gasteiger partial charge is 0.481 e. The molecule has 0 spiro atoms. The van der Waals surface area contributed by atoms with E-state index in [-0.39, 0.29) is 0 Å². The highest BCUT2D eigenvalue weighted by Crippen LogP contribution is 2.30. The van der Waals surface area contributed by atoms with Crippen molar-refractivity contribution in [3.05, 3.63) is 63.8 Å². The van der Waals surface area contributed by atoms with Crippen LogP contribution in [0.25, 0.3) is 10.9 Å². The molecule has 0 bridgehead atoms. The van der Waals surface area contributed by atoms with Gasteiger partial charge in [-0.3, -0.25) is 20.4 Å². The van der Waals surface area contributed by atoms with Gasteiger partial charge in [0, 0.05) is 18.0 Å². The predicted molar refractivity (Wildman–Crippen MR) is 112 cm³/mol. The summed E-state index contributed by atoms with van der Waals surface area (Å²) in [4.78, 5) is 25.0. The molecule has 1 aromatic heterocycles. The van der Waals surface area contributed by atoms with Crippen molar-refractivity contribution in [2.24, 2.45) is 7.05 Å². The number of fused-ring (bicyclic) bond motifs is 1. The third kappa shape index (κ3) is 3.75. The van der Waals surface area contributed by atoms with Crippen molar-refractivity contribution in [1.29, 1.82) is 0 Å². The van der Waals surface area contributed by atoms with Gasteiger partial charge >= 0.3 is 0 Å². The average Bonchev–Trinajstić information content (AvgIpc) is 2.94. The number of carbonyl (C=O) groups excluding carboxylic acids is 2. The Morgan fingerprint density at radius 1 is 1.07 bits per heavy atom. The Bertz CT molecular complexity index is 1020. The monoisotopic (exact) mass is 443 g/mol. The van der Waals surface area contributed by atoms with Gasteiger partial charge in [-0.1, -0.05) is 30.3 Å². The zero-order valence-electron chi connectivity index (χ0n) is 16.2. The van der Waals surface area contributed by atoms with Crippen LogP contribution in [0.15, 0.2) is 46.9 Å². The van der Waals surface area contributed by atoms with E-state index >= 15 is 0 Å². The Balaban J connectivity index is 1.67. The molecule has 2 aromatic carbocycles. The number of hydrogen-bond acceptors (Lipinski definition) is 3. The second-order valence-electron chi connectivity index (χ2n) is 6.64. The molecule has 1 heterocycles. The van der Waals surface area contributed by atoms with Crippen LogP contribution in [0.3, 0.4) is 0 Å². The van der Waals surface area contributed by atoms with E-state index in [4.69, 9.17) is 4.74 Å². The molecule has 0 aliphatic carbocycles. The molecule has 0 aliphatic heterocycles. The Morgan fingerprint density at radius 3 is 2.50 bits per heavy atom. The molecular weight excluding hydrogens is 422 g/mol. The standard InChI is InChI=1S/C21H22BrN3O3/c1-12-8-7-11-17(13(12)2)28-14(3)20(26)23-24-21(27)19-18(22)15-9-5-6-10-16(15)25(19)4/h5-11,14H,1-4H3,(H,23,26)(H,24,27). The van der Waals surface area contributed by atoms with Gasteiger partial charge in [-0.2, -0.15) is 0 Å². The number of nitrogens with zero attached hydrogens (tertiary/aromatic N) is 1. The van der Waals surface area contributed by atoms with Crippen molar-refractivity contribution in [2.45, 2.75) is 26.9 Å². The SMILES string of the molecule is Cc1cccc(OC(C)C(=O)NNC(=O)c2c(Br)c3ccccc3n2C)c1C. The number of nitrogens with one attached hydrogen (secondary N) is 2. The number of benzene rings is 2. The van der Waals surface area contributed by atoms with E-state index in [1.807, 2.05) is 56.3 Å².